The number of hydrogen-bond donors (Lipinski definition) is 0. The molecule has 1 aliphatic heterocycles. The minimum atomic E-state index is -0.0147. The first-order valence-corrected chi connectivity index (χ1v) is 8.14. The van der Waals surface area contributed by atoms with Crippen LogP contribution in [0.25, 0.3) is 0 Å². The van der Waals surface area contributed by atoms with Crippen LogP contribution in [0.15, 0.2) is 24.3 Å². The molecule has 1 spiro atoms. The fourth-order valence-electron chi connectivity index (χ4n) is 3.79. The van der Waals surface area contributed by atoms with E-state index >= 15 is 0 Å². The second-order valence-electron chi connectivity index (χ2n) is 6.22. The molecule has 1 unspecified atom stereocenters. The number of Topliss-reactive ketones (excluding diaryl/α,β-unsaturated/α-hetero) is 1. The highest BCUT2D eigenvalue weighted by Gasteiger charge is 2.42. The predicted molar refractivity (Wildman–Crippen MR) is 81.8 cm³/mol. The van der Waals surface area contributed by atoms with Crippen molar-refractivity contribution in [1.82, 2.24) is 0 Å². The summed E-state index contributed by atoms with van der Waals surface area (Å²) in [5, 5.41) is 0. The average molecular weight is 288 g/mol. The lowest BCUT2D eigenvalue weighted by molar-refractivity contribution is -0.0866. The molecule has 1 heterocycles. The van der Waals surface area contributed by atoms with E-state index in [-0.39, 0.29) is 17.3 Å². The fourth-order valence-corrected chi connectivity index (χ4v) is 3.79. The van der Waals surface area contributed by atoms with Gasteiger partial charge in [0, 0.05) is 12.5 Å². The summed E-state index contributed by atoms with van der Waals surface area (Å²) in [7, 11) is 0. The lowest BCUT2D eigenvalue weighted by Crippen LogP contribution is -2.39. The first-order valence-electron chi connectivity index (χ1n) is 8.14. The zero-order valence-corrected chi connectivity index (χ0v) is 12.8. The smallest absolute Gasteiger partial charge is 0.169 e. The lowest BCUT2D eigenvalue weighted by atomic mass is 9.80. The third-order valence-corrected chi connectivity index (χ3v) is 4.83. The van der Waals surface area contributed by atoms with Gasteiger partial charge in [-0.25, -0.2) is 0 Å². The third kappa shape index (κ3) is 2.98. The molecule has 1 aromatic rings. The van der Waals surface area contributed by atoms with Gasteiger partial charge in [-0.05, 0) is 44.7 Å². The van der Waals surface area contributed by atoms with E-state index in [0.29, 0.717) is 13.2 Å². The van der Waals surface area contributed by atoms with Crippen LogP contribution in [0.3, 0.4) is 0 Å². The van der Waals surface area contributed by atoms with Crippen molar-refractivity contribution in [1.29, 1.82) is 0 Å². The number of rotatable bonds is 4. The van der Waals surface area contributed by atoms with Gasteiger partial charge >= 0.3 is 0 Å². The van der Waals surface area contributed by atoms with Gasteiger partial charge in [-0.1, -0.05) is 25.0 Å². The molecular weight excluding hydrogens is 264 g/mol. The second kappa shape index (κ2) is 6.18. The summed E-state index contributed by atoms with van der Waals surface area (Å²) in [5.74, 6) is 1.03. The number of ketones is 1. The Balaban J connectivity index is 1.78. The van der Waals surface area contributed by atoms with Crippen molar-refractivity contribution < 1.29 is 14.3 Å². The van der Waals surface area contributed by atoms with Gasteiger partial charge in [0.25, 0.3) is 0 Å². The summed E-state index contributed by atoms with van der Waals surface area (Å²) in [6, 6.07) is 7.62. The first-order chi connectivity index (χ1) is 10.2. The van der Waals surface area contributed by atoms with Crippen molar-refractivity contribution in [3.8, 4) is 5.75 Å². The van der Waals surface area contributed by atoms with Gasteiger partial charge in [-0.15, -0.1) is 0 Å². The van der Waals surface area contributed by atoms with Crippen LogP contribution >= 0.6 is 0 Å². The molecule has 1 aromatic carbocycles. The topological polar surface area (TPSA) is 35.5 Å². The van der Waals surface area contributed by atoms with Crippen LogP contribution in [0.1, 0.15) is 55.8 Å². The summed E-state index contributed by atoms with van der Waals surface area (Å²) in [6.07, 6.45) is 6.41. The number of benzene rings is 1. The normalized spacial score (nSPS) is 24.1. The Kier molecular flexibility index (Phi) is 4.29. The summed E-state index contributed by atoms with van der Waals surface area (Å²) in [6.45, 7) is 3.25. The number of para-hydroxylation sites is 1. The van der Waals surface area contributed by atoms with Gasteiger partial charge in [0.1, 0.15) is 5.75 Å². The molecule has 0 bridgehead atoms. The van der Waals surface area contributed by atoms with Gasteiger partial charge in [0.2, 0.25) is 0 Å². The summed E-state index contributed by atoms with van der Waals surface area (Å²) >= 11 is 0. The molecule has 2 fully saturated rings. The zero-order chi connectivity index (χ0) is 14.7. The van der Waals surface area contributed by atoms with Gasteiger partial charge in [0.05, 0.1) is 17.8 Å². The van der Waals surface area contributed by atoms with Crippen LogP contribution in [-0.2, 0) is 4.74 Å². The molecule has 1 atom stereocenters. The maximum absolute atomic E-state index is 12.9. The van der Waals surface area contributed by atoms with Crippen molar-refractivity contribution in [3.63, 3.8) is 0 Å². The predicted octanol–water partition coefficient (Wildman–Crippen LogP) is 4.01. The van der Waals surface area contributed by atoms with Gasteiger partial charge in [0.15, 0.2) is 5.78 Å². The van der Waals surface area contributed by atoms with Crippen LogP contribution in [0, 0.1) is 5.92 Å². The molecule has 114 valence electrons. The number of carbonyl (C=O) groups excluding carboxylic acids is 1. The maximum Gasteiger partial charge on any atom is 0.169 e. The Morgan fingerprint density at radius 2 is 2.10 bits per heavy atom. The molecule has 0 radical (unpaired) electrons. The van der Waals surface area contributed by atoms with E-state index in [1.54, 1.807) is 0 Å². The molecule has 0 N–H and O–H groups in total. The quantitative estimate of drug-likeness (QED) is 0.785. The molecule has 1 saturated carbocycles. The van der Waals surface area contributed by atoms with Crippen molar-refractivity contribution in [2.45, 2.75) is 51.0 Å². The van der Waals surface area contributed by atoms with E-state index in [1.165, 1.54) is 12.8 Å². The molecule has 3 rings (SSSR count). The number of ether oxygens (including phenoxy) is 2. The Bertz CT molecular complexity index is 503. The van der Waals surface area contributed by atoms with Crippen LogP contribution in [0.5, 0.6) is 5.75 Å². The summed E-state index contributed by atoms with van der Waals surface area (Å²) in [4.78, 5) is 12.9. The number of carbonyl (C=O) groups is 1. The standard InChI is InChI=1S/C18H24O3/c1-2-20-16-8-4-3-7-15(16)17(19)14-9-12-21-18(13-14)10-5-6-11-18/h3-4,7-8,14H,2,5-6,9-13H2,1H3. The van der Waals surface area contributed by atoms with E-state index in [2.05, 4.69) is 0 Å². The van der Waals surface area contributed by atoms with Crippen LogP contribution < -0.4 is 4.74 Å². The molecule has 21 heavy (non-hydrogen) atoms. The molecule has 0 aromatic heterocycles. The van der Waals surface area contributed by atoms with Crippen molar-refractivity contribution >= 4 is 5.78 Å². The molecule has 2 aliphatic rings. The minimum absolute atomic E-state index is 0.0147. The van der Waals surface area contributed by atoms with Gasteiger partial charge in [-0.3, -0.25) is 4.79 Å². The molecule has 1 saturated heterocycles. The van der Waals surface area contributed by atoms with Gasteiger partial charge in [-0.2, -0.15) is 0 Å². The van der Waals surface area contributed by atoms with Crippen molar-refractivity contribution in [3.05, 3.63) is 29.8 Å². The maximum atomic E-state index is 12.9. The lowest BCUT2D eigenvalue weighted by Gasteiger charge is -2.37. The largest absolute Gasteiger partial charge is 0.493 e. The fraction of sp³-hybridized carbons (Fsp3) is 0.611. The highest BCUT2D eigenvalue weighted by molar-refractivity contribution is 6.00. The SMILES string of the molecule is CCOc1ccccc1C(=O)C1CCOC2(CCCC2)C1. The first kappa shape index (κ1) is 14.6. The van der Waals surface area contributed by atoms with E-state index < -0.39 is 0 Å². The molecule has 3 nitrogen and oxygen atoms in total. The van der Waals surface area contributed by atoms with E-state index in [0.717, 1.165) is 37.0 Å². The van der Waals surface area contributed by atoms with E-state index in [1.807, 2.05) is 31.2 Å². The Labute approximate surface area is 126 Å². The van der Waals surface area contributed by atoms with Gasteiger partial charge < -0.3 is 9.47 Å². The molecular formula is C18H24O3. The monoisotopic (exact) mass is 288 g/mol. The van der Waals surface area contributed by atoms with Crippen LogP contribution in [-0.4, -0.2) is 24.6 Å². The zero-order valence-electron chi connectivity index (χ0n) is 12.8. The van der Waals surface area contributed by atoms with E-state index in [4.69, 9.17) is 9.47 Å². The second-order valence-corrected chi connectivity index (χ2v) is 6.22. The molecule has 1 aliphatic carbocycles. The Morgan fingerprint density at radius 1 is 1.33 bits per heavy atom. The number of hydrogen-bond acceptors (Lipinski definition) is 3. The molecule has 0 amide bonds. The highest BCUT2D eigenvalue weighted by Crippen LogP contribution is 2.43. The third-order valence-electron chi connectivity index (χ3n) is 4.83. The van der Waals surface area contributed by atoms with Crippen LogP contribution in [0.2, 0.25) is 0 Å². The van der Waals surface area contributed by atoms with Crippen LogP contribution in [0.4, 0.5) is 0 Å². The minimum Gasteiger partial charge on any atom is -0.493 e. The Morgan fingerprint density at radius 3 is 2.86 bits per heavy atom. The summed E-state index contributed by atoms with van der Waals surface area (Å²) < 4.78 is 11.7. The highest BCUT2D eigenvalue weighted by atomic mass is 16.5. The van der Waals surface area contributed by atoms with E-state index in [9.17, 15) is 4.79 Å². The Hall–Kier alpha value is -1.35. The average Bonchev–Trinajstić information content (AvgIpc) is 2.95. The molecule has 3 heteroatoms. The summed E-state index contributed by atoms with van der Waals surface area (Å²) in [5.41, 5.74) is 0.721. The van der Waals surface area contributed by atoms with Crippen molar-refractivity contribution in [2.75, 3.05) is 13.2 Å². The van der Waals surface area contributed by atoms with Crippen molar-refractivity contribution in [2.24, 2.45) is 5.92 Å².